The lowest BCUT2D eigenvalue weighted by Crippen LogP contribution is -2.63. The average Bonchev–Trinajstić information content (AvgIpc) is 3.14. The summed E-state index contributed by atoms with van der Waals surface area (Å²) < 4.78 is 23.7. The van der Waals surface area contributed by atoms with Crippen LogP contribution in [-0.2, 0) is 23.7 Å². The standard InChI is InChI=1S/C34H54O13/c1-16-12-33-10-6-21-31(3,8-5-9-32(21,4)30(43)47-29-28(42)27(41)24(38)19(14-36)46-29)22(33)7-11-34(16,17(33)2)44-15-20-25(39)26(40)23(37)18(13-35)45-20/h17-29,35-42H,1,5-15H2,2-4H3/t17-,18?,19?,20+,21?,22+,23-,24-,25?,26?,27?,28?,29+,31-,32-,33-,34-/m1/s1. The SMILES string of the molecule is C=C1C[C@@]23CCC4[C@](C)(C(=O)O[C@@H]5OC(CO)[C@@H](O)C(O)C5O)CCC[C@@]4(C)[C@@H]2CC[C@]1(OC[C@@H]1OC(CO)[C@@H](O)C(O)C1O)[C@@H]3C. The summed E-state index contributed by atoms with van der Waals surface area (Å²) in [4.78, 5) is 14.0. The Morgan fingerprint density at radius 2 is 1.40 bits per heavy atom. The zero-order valence-corrected chi connectivity index (χ0v) is 27.6. The van der Waals surface area contributed by atoms with E-state index < -0.39 is 91.4 Å². The van der Waals surface area contributed by atoms with Crippen LogP contribution in [-0.4, -0.2) is 133 Å². The minimum atomic E-state index is -1.66. The molecule has 7 unspecified atom stereocenters. The van der Waals surface area contributed by atoms with Gasteiger partial charge in [0.05, 0.1) is 30.8 Å². The second-order valence-electron chi connectivity index (χ2n) is 15.9. The van der Waals surface area contributed by atoms with Crippen LogP contribution in [0.15, 0.2) is 12.2 Å². The molecule has 1 spiro atoms. The Balaban J connectivity index is 1.20. The lowest BCUT2D eigenvalue weighted by Gasteiger charge is -2.65. The quantitative estimate of drug-likeness (QED) is 0.127. The van der Waals surface area contributed by atoms with Crippen molar-refractivity contribution in [2.45, 2.75) is 139 Å². The van der Waals surface area contributed by atoms with Gasteiger partial charge < -0.3 is 59.8 Å². The number of carbonyl (C=O) groups excluding carboxylic acids is 1. The highest BCUT2D eigenvalue weighted by Gasteiger charge is 2.71. The molecule has 0 aromatic rings. The smallest absolute Gasteiger partial charge is 0.314 e. The number of rotatable bonds is 7. The molecule has 13 heteroatoms. The van der Waals surface area contributed by atoms with Crippen molar-refractivity contribution >= 4 is 5.97 Å². The molecule has 8 N–H and O–H groups in total. The van der Waals surface area contributed by atoms with Gasteiger partial charge in [-0.1, -0.05) is 26.8 Å². The maximum atomic E-state index is 14.0. The molecule has 6 rings (SSSR count). The Labute approximate surface area is 275 Å². The van der Waals surface area contributed by atoms with Crippen LogP contribution in [0.3, 0.4) is 0 Å². The van der Waals surface area contributed by atoms with Crippen LogP contribution in [0, 0.1) is 34.0 Å². The van der Waals surface area contributed by atoms with Crippen LogP contribution in [0.25, 0.3) is 0 Å². The summed E-state index contributed by atoms with van der Waals surface area (Å²) in [5.41, 5.74) is -0.921. The van der Waals surface area contributed by atoms with E-state index in [-0.39, 0.29) is 35.2 Å². The Morgan fingerprint density at radius 3 is 2.06 bits per heavy atom. The van der Waals surface area contributed by atoms with Crippen LogP contribution >= 0.6 is 0 Å². The highest BCUT2D eigenvalue weighted by atomic mass is 16.7. The summed E-state index contributed by atoms with van der Waals surface area (Å²) in [7, 11) is 0. The summed E-state index contributed by atoms with van der Waals surface area (Å²) in [6.07, 6.45) is -7.55. The van der Waals surface area contributed by atoms with E-state index in [2.05, 4.69) is 20.4 Å². The monoisotopic (exact) mass is 670 g/mol. The maximum Gasteiger partial charge on any atom is 0.314 e. The third-order valence-electron chi connectivity index (χ3n) is 13.9. The van der Waals surface area contributed by atoms with Crippen molar-refractivity contribution in [2.24, 2.45) is 34.0 Å². The van der Waals surface area contributed by atoms with Crippen LogP contribution in [0.5, 0.6) is 0 Å². The highest BCUT2D eigenvalue weighted by molar-refractivity contribution is 5.77. The summed E-state index contributed by atoms with van der Waals surface area (Å²) >= 11 is 0. The number of aliphatic hydroxyl groups is 8. The zero-order valence-electron chi connectivity index (χ0n) is 27.6. The largest absolute Gasteiger partial charge is 0.432 e. The molecule has 0 radical (unpaired) electrons. The second-order valence-corrected chi connectivity index (χ2v) is 15.9. The molecule has 47 heavy (non-hydrogen) atoms. The minimum Gasteiger partial charge on any atom is -0.432 e. The van der Waals surface area contributed by atoms with Crippen molar-refractivity contribution in [3.63, 3.8) is 0 Å². The number of hydrogen-bond donors (Lipinski definition) is 8. The van der Waals surface area contributed by atoms with Crippen molar-refractivity contribution in [3.05, 3.63) is 12.2 Å². The predicted molar refractivity (Wildman–Crippen MR) is 163 cm³/mol. The molecule has 2 saturated heterocycles. The summed E-state index contributed by atoms with van der Waals surface area (Å²) in [5, 5.41) is 81.4. The lowest BCUT2D eigenvalue weighted by molar-refractivity contribution is -0.298. The normalized spacial score (nSPS) is 54.4. The molecule has 0 aromatic heterocycles. The van der Waals surface area contributed by atoms with Crippen LogP contribution in [0.4, 0.5) is 0 Å². The highest BCUT2D eigenvalue weighted by Crippen LogP contribution is 2.75. The first-order valence-corrected chi connectivity index (χ1v) is 17.3. The molecule has 6 fully saturated rings. The van der Waals surface area contributed by atoms with Gasteiger partial charge in [0.15, 0.2) is 0 Å². The molecule has 4 aliphatic carbocycles. The maximum absolute atomic E-state index is 14.0. The van der Waals surface area contributed by atoms with Crippen molar-refractivity contribution in [1.29, 1.82) is 0 Å². The van der Waals surface area contributed by atoms with E-state index in [1.54, 1.807) is 0 Å². The molecule has 2 bridgehead atoms. The van der Waals surface area contributed by atoms with E-state index in [4.69, 9.17) is 18.9 Å². The predicted octanol–water partition coefficient (Wildman–Crippen LogP) is -0.474. The number of carbonyl (C=O) groups is 1. The van der Waals surface area contributed by atoms with Gasteiger partial charge in [-0.15, -0.1) is 0 Å². The van der Waals surface area contributed by atoms with Gasteiger partial charge in [-0.25, -0.2) is 0 Å². The molecule has 2 aliphatic heterocycles. The third kappa shape index (κ3) is 5.18. The second kappa shape index (κ2) is 12.5. The van der Waals surface area contributed by atoms with Gasteiger partial charge in [0, 0.05) is 0 Å². The lowest BCUT2D eigenvalue weighted by atomic mass is 9.39. The first kappa shape index (κ1) is 35.6. The van der Waals surface area contributed by atoms with Crippen LogP contribution < -0.4 is 0 Å². The Morgan fingerprint density at radius 1 is 0.809 bits per heavy atom. The topological polar surface area (TPSA) is 216 Å². The summed E-state index contributed by atoms with van der Waals surface area (Å²) in [6.45, 7) is 9.77. The summed E-state index contributed by atoms with van der Waals surface area (Å²) in [6, 6.07) is 0. The van der Waals surface area contributed by atoms with E-state index in [1.165, 1.54) is 0 Å². The molecule has 4 saturated carbocycles. The van der Waals surface area contributed by atoms with Crippen LogP contribution in [0.2, 0.25) is 0 Å². The fraction of sp³-hybridized carbons (Fsp3) is 0.912. The molecule has 6 aliphatic rings. The minimum absolute atomic E-state index is 0.0274. The Bertz CT molecular complexity index is 1200. The molecule has 268 valence electrons. The van der Waals surface area contributed by atoms with Gasteiger partial charge in [-0.05, 0) is 86.0 Å². The fourth-order valence-electron chi connectivity index (χ4n) is 11.3. The number of aliphatic hydroxyl groups excluding tert-OH is 8. The number of hydrogen-bond acceptors (Lipinski definition) is 13. The van der Waals surface area contributed by atoms with Gasteiger partial charge >= 0.3 is 5.97 Å². The fourth-order valence-corrected chi connectivity index (χ4v) is 11.3. The zero-order chi connectivity index (χ0) is 34.3. The molecule has 0 aromatic carbocycles. The van der Waals surface area contributed by atoms with E-state index in [9.17, 15) is 45.6 Å². The van der Waals surface area contributed by atoms with Gasteiger partial charge in [-0.3, -0.25) is 4.79 Å². The van der Waals surface area contributed by atoms with Crippen molar-refractivity contribution < 1.29 is 64.6 Å². The van der Waals surface area contributed by atoms with Crippen LogP contribution in [0.1, 0.15) is 72.1 Å². The molecular weight excluding hydrogens is 616 g/mol. The van der Waals surface area contributed by atoms with Gasteiger partial charge in [-0.2, -0.15) is 0 Å². The molecular formula is C34H54O13. The van der Waals surface area contributed by atoms with E-state index in [1.807, 2.05) is 6.92 Å². The first-order valence-electron chi connectivity index (χ1n) is 17.3. The van der Waals surface area contributed by atoms with E-state index in [0.29, 0.717) is 12.8 Å². The number of ether oxygens (including phenoxy) is 4. The number of esters is 1. The van der Waals surface area contributed by atoms with E-state index >= 15 is 0 Å². The van der Waals surface area contributed by atoms with Crippen molar-refractivity contribution in [2.75, 3.05) is 19.8 Å². The molecule has 2 heterocycles. The first-order chi connectivity index (χ1) is 22.1. The van der Waals surface area contributed by atoms with Gasteiger partial charge in [0.25, 0.3) is 0 Å². The third-order valence-corrected chi connectivity index (χ3v) is 13.9. The molecule has 0 amide bonds. The van der Waals surface area contributed by atoms with Gasteiger partial charge in [0.1, 0.15) is 54.9 Å². The average molecular weight is 671 g/mol. The number of fused-ring (bicyclic) bond motifs is 3. The molecule has 13 nitrogen and oxygen atoms in total. The van der Waals surface area contributed by atoms with Crippen molar-refractivity contribution in [1.82, 2.24) is 0 Å². The summed E-state index contributed by atoms with van der Waals surface area (Å²) in [5.74, 6) is -0.226. The Hall–Kier alpha value is -1.23. The van der Waals surface area contributed by atoms with Gasteiger partial charge in [0.2, 0.25) is 6.29 Å². The van der Waals surface area contributed by atoms with E-state index in [0.717, 1.165) is 44.1 Å². The van der Waals surface area contributed by atoms with Crippen molar-refractivity contribution in [3.8, 4) is 0 Å². The Kier molecular flexibility index (Phi) is 9.48. The molecule has 17 atom stereocenters.